The number of aryl methyl sites for hydroxylation is 1. The molecular weight excluding hydrogens is 551 g/mol. The number of sulfonamides is 1. The van der Waals surface area contributed by atoms with Crippen LogP contribution in [-0.4, -0.2) is 37.5 Å². The van der Waals surface area contributed by atoms with Gasteiger partial charge in [0.2, 0.25) is 10.0 Å². The maximum absolute atomic E-state index is 13.9. The van der Waals surface area contributed by atoms with E-state index in [1.165, 1.54) is 24.3 Å². The Bertz CT molecular complexity index is 1120. The minimum atomic E-state index is -6.50. The number of rotatable bonds is 12. The van der Waals surface area contributed by atoms with Gasteiger partial charge in [0.25, 0.3) is 0 Å². The number of carboxylic acid groups (broad SMARTS) is 1. The molecule has 2 rings (SSSR count). The van der Waals surface area contributed by atoms with Crippen LogP contribution in [0.15, 0.2) is 41.3 Å². The summed E-state index contributed by atoms with van der Waals surface area (Å²) in [5.41, 5.74) is 0. The molecule has 1 heterocycles. The van der Waals surface area contributed by atoms with E-state index in [-0.39, 0.29) is 34.1 Å². The second-order valence-electron chi connectivity index (χ2n) is 7.49. The first-order chi connectivity index (χ1) is 16.0. The summed E-state index contributed by atoms with van der Waals surface area (Å²) in [4.78, 5) is 10.9. The summed E-state index contributed by atoms with van der Waals surface area (Å²) in [7, 11) is -4.41. The highest BCUT2D eigenvalue weighted by Crippen LogP contribution is 2.49. The molecule has 5 nitrogen and oxygen atoms in total. The van der Waals surface area contributed by atoms with Crippen molar-refractivity contribution in [2.24, 2.45) is 0 Å². The van der Waals surface area contributed by atoms with E-state index in [1.807, 2.05) is 0 Å². The number of carbonyl (C=O) groups is 1. The predicted octanol–water partition coefficient (Wildman–Crippen LogP) is 6.44. The highest BCUT2D eigenvalue weighted by molar-refractivity contribution is 7.89. The molecule has 0 aliphatic rings. The number of aliphatic carboxylic acids is 1. The molecule has 1 unspecified atom stereocenters. The second kappa shape index (κ2) is 11.0. The summed E-state index contributed by atoms with van der Waals surface area (Å²) in [6, 6.07) is 5.87. The van der Waals surface area contributed by atoms with Gasteiger partial charge >= 0.3 is 24.0 Å². The molecule has 2 N–H and O–H groups in total. The van der Waals surface area contributed by atoms with Crippen LogP contribution in [0.2, 0.25) is 5.02 Å². The molecule has 0 aliphatic carbocycles. The summed E-state index contributed by atoms with van der Waals surface area (Å²) in [6.07, 6.45) is -9.27. The fraction of sp³-hybridized carbons (Fsp3) is 0.450. The molecular formula is C20H19ClF7NO4S2. The molecule has 0 saturated carbocycles. The molecule has 196 valence electrons. The zero-order chi connectivity index (χ0) is 26.7. The molecule has 0 aliphatic heterocycles. The van der Waals surface area contributed by atoms with E-state index in [0.29, 0.717) is 4.88 Å². The third-order valence-corrected chi connectivity index (χ3v) is 7.82. The van der Waals surface area contributed by atoms with Gasteiger partial charge in [0.15, 0.2) is 0 Å². The Kier molecular flexibility index (Phi) is 9.23. The highest BCUT2D eigenvalue weighted by Gasteiger charge is 2.72. The molecule has 1 aromatic carbocycles. The van der Waals surface area contributed by atoms with Gasteiger partial charge in [-0.15, -0.1) is 11.3 Å². The van der Waals surface area contributed by atoms with Crippen molar-refractivity contribution < 1.29 is 49.1 Å². The number of hydrogen-bond donors (Lipinski definition) is 2. The van der Waals surface area contributed by atoms with Crippen LogP contribution in [0.1, 0.15) is 41.5 Å². The second-order valence-corrected chi connectivity index (χ2v) is 10.8. The number of nitrogens with one attached hydrogen (secondary N) is 1. The van der Waals surface area contributed by atoms with Crippen molar-refractivity contribution in [2.75, 3.05) is 0 Å². The van der Waals surface area contributed by atoms with Gasteiger partial charge in [-0.2, -0.15) is 30.7 Å². The number of hydrogen-bond acceptors (Lipinski definition) is 4. The van der Waals surface area contributed by atoms with E-state index in [2.05, 4.69) is 4.72 Å². The van der Waals surface area contributed by atoms with Gasteiger partial charge in [0.1, 0.15) is 0 Å². The quantitative estimate of drug-likeness (QED) is 0.288. The Hall–Kier alpha value is -1.90. The topological polar surface area (TPSA) is 83.5 Å². The Morgan fingerprint density at radius 3 is 2.17 bits per heavy atom. The molecule has 1 atom stereocenters. The van der Waals surface area contributed by atoms with Crippen LogP contribution in [0.4, 0.5) is 30.7 Å². The molecule has 1 aromatic heterocycles. The Balaban J connectivity index is 2.31. The van der Waals surface area contributed by atoms with E-state index in [9.17, 15) is 43.9 Å². The van der Waals surface area contributed by atoms with E-state index in [0.717, 1.165) is 23.5 Å². The van der Waals surface area contributed by atoms with Gasteiger partial charge in [0.05, 0.1) is 10.9 Å². The summed E-state index contributed by atoms with van der Waals surface area (Å²) < 4.78 is 120. The first-order valence-electron chi connectivity index (χ1n) is 9.87. The van der Waals surface area contributed by atoms with Crippen molar-refractivity contribution in [3.05, 3.63) is 51.2 Å². The lowest BCUT2D eigenvalue weighted by Crippen LogP contribution is -2.52. The zero-order valence-corrected chi connectivity index (χ0v) is 20.0. The average molecular weight is 570 g/mol. The molecule has 35 heavy (non-hydrogen) atoms. The Morgan fingerprint density at radius 1 is 1.03 bits per heavy atom. The van der Waals surface area contributed by atoms with Crippen molar-refractivity contribution in [1.82, 2.24) is 4.72 Å². The van der Waals surface area contributed by atoms with Gasteiger partial charge in [-0.1, -0.05) is 11.6 Å². The van der Waals surface area contributed by atoms with Gasteiger partial charge in [0, 0.05) is 27.6 Å². The zero-order valence-electron chi connectivity index (χ0n) is 17.6. The summed E-state index contributed by atoms with van der Waals surface area (Å²) in [6.45, 7) is 0. The molecule has 0 radical (unpaired) electrons. The van der Waals surface area contributed by atoms with E-state index < -0.39 is 52.9 Å². The molecule has 0 amide bonds. The van der Waals surface area contributed by atoms with Crippen molar-refractivity contribution >= 4 is 38.9 Å². The van der Waals surface area contributed by atoms with Crippen molar-refractivity contribution in [1.29, 1.82) is 0 Å². The number of alkyl halides is 7. The normalized spacial score (nSPS) is 14.2. The third kappa shape index (κ3) is 7.54. The Morgan fingerprint density at radius 2 is 1.63 bits per heavy atom. The third-order valence-electron chi connectivity index (χ3n) is 4.82. The maximum Gasteiger partial charge on any atom is 0.459 e. The van der Waals surface area contributed by atoms with Crippen LogP contribution < -0.4 is 4.72 Å². The van der Waals surface area contributed by atoms with Crippen LogP contribution in [-0.2, 0) is 21.2 Å². The van der Waals surface area contributed by atoms with Gasteiger partial charge < -0.3 is 5.11 Å². The Labute approximate surface area is 205 Å². The molecule has 0 spiro atoms. The van der Waals surface area contributed by atoms with E-state index in [4.69, 9.17) is 16.7 Å². The molecule has 0 fully saturated rings. The minimum Gasteiger partial charge on any atom is -0.481 e. The number of carboxylic acids is 1. The monoisotopic (exact) mass is 569 g/mol. The summed E-state index contributed by atoms with van der Waals surface area (Å²) >= 11 is 6.61. The molecule has 15 heteroatoms. The fourth-order valence-electron chi connectivity index (χ4n) is 2.95. The van der Waals surface area contributed by atoms with E-state index in [1.54, 1.807) is 0 Å². The lowest BCUT2D eigenvalue weighted by molar-refractivity contribution is -0.355. The fourth-order valence-corrected chi connectivity index (χ4v) is 5.54. The lowest BCUT2D eigenvalue weighted by Gasteiger charge is -2.29. The van der Waals surface area contributed by atoms with Crippen LogP contribution in [0, 0.1) is 0 Å². The first-order valence-corrected chi connectivity index (χ1v) is 12.5. The van der Waals surface area contributed by atoms with Gasteiger partial charge in [-0.3, -0.25) is 4.79 Å². The summed E-state index contributed by atoms with van der Waals surface area (Å²) in [5.74, 6) is -12.9. The van der Waals surface area contributed by atoms with Gasteiger partial charge in [-0.05, 0) is 55.7 Å². The molecule has 0 saturated heterocycles. The minimum absolute atomic E-state index is 0.0824. The highest BCUT2D eigenvalue weighted by atomic mass is 35.5. The number of thiophene rings is 1. The van der Waals surface area contributed by atoms with Crippen LogP contribution in [0.25, 0.3) is 0 Å². The number of benzene rings is 1. The van der Waals surface area contributed by atoms with Crippen LogP contribution >= 0.6 is 22.9 Å². The van der Waals surface area contributed by atoms with Crippen LogP contribution in [0.3, 0.4) is 0 Å². The molecule has 0 bridgehead atoms. The average Bonchev–Trinajstić information content (AvgIpc) is 3.19. The standard InChI is InChI=1S/C20H19ClF7NO4S2/c21-12-4-7-14(8-5-12)35(32,33)29-15(10-11-18(22,23)19(24,25)20(26,27)28)16-9-6-13(34-16)2-1-3-17(30)31/h4-9,15,29H,1-3,10-11H2,(H,30,31). The smallest absolute Gasteiger partial charge is 0.459 e. The maximum atomic E-state index is 13.9. The van der Waals surface area contributed by atoms with E-state index >= 15 is 0 Å². The number of halogens is 8. The van der Waals surface area contributed by atoms with Gasteiger partial charge in [-0.25, -0.2) is 13.1 Å². The van der Waals surface area contributed by atoms with Crippen LogP contribution in [0.5, 0.6) is 0 Å². The first kappa shape index (κ1) is 29.3. The van der Waals surface area contributed by atoms with Crippen molar-refractivity contribution in [2.45, 2.75) is 61.1 Å². The molecule has 2 aromatic rings. The SMILES string of the molecule is O=C(O)CCCc1ccc(C(CCC(F)(F)C(F)(F)C(F)(F)F)NS(=O)(=O)c2ccc(Cl)cc2)s1. The lowest BCUT2D eigenvalue weighted by atomic mass is 10.0. The van der Waals surface area contributed by atoms with Crippen molar-refractivity contribution in [3.8, 4) is 0 Å². The summed E-state index contributed by atoms with van der Waals surface area (Å²) in [5, 5.41) is 8.91. The largest absolute Gasteiger partial charge is 0.481 e. The predicted molar refractivity (Wildman–Crippen MR) is 115 cm³/mol. The van der Waals surface area contributed by atoms with Crippen molar-refractivity contribution in [3.63, 3.8) is 0 Å².